The summed E-state index contributed by atoms with van der Waals surface area (Å²) in [6.07, 6.45) is 2.16. The molecule has 0 saturated heterocycles. The number of carboxylic acid groups (broad SMARTS) is 1. The van der Waals surface area contributed by atoms with Crippen molar-refractivity contribution < 1.29 is 23.9 Å². The number of nitrogens with zero attached hydrogens (tertiary/aromatic N) is 1. The molecule has 0 aliphatic carbocycles. The molecule has 2 rings (SSSR count). The number of amides is 1. The predicted octanol–water partition coefficient (Wildman–Crippen LogP) is 5.57. The smallest absolute Gasteiger partial charge is 0.407 e. The number of carboxylic acids is 1. The molecule has 1 heterocycles. The third kappa shape index (κ3) is 7.02. The van der Waals surface area contributed by atoms with Gasteiger partial charge in [0.1, 0.15) is 11.4 Å². The molecule has 0 saturated carbocycles. The number of aryl methyl sites for hydroxylation is 1. The Kier molecular flexibility index (Phi) is 7.70. The van der Waals surface area contributed by atoms with E-state index in [9.17, 15) is 9.59 Å². The molecular formula is C24H38N2O5Si. The number of aromatic nitrogens is 1. The summed E-state index contributed by atoms with van der Waals surface area (Å²) in [6, 6.07) is 5.99. The first-order valence-corrected chi connectivity index (χ1v) is 14.0. The van der Waals surface area contributed by atoms with Crippen LogP contribution in [0.5, 0.6) is 5.75 Å². The molecule has 0 radical (unpaired) electrons. The van der Waals surface area contributed by atoms with E-state index in [-0.39, 0.29) is 11.5 Å². The summed E-state index contributed by atoms with van der Waals surface area (Å²) in [4.78, 5) is 23.1. The number of benzene rings is 1. The van der Waals surface area contributed by atoms with Crippen LogP contribution in [0.4, 0.5) is 4.79 Å². The van der Waals surface area contributed by atoms with Crippen LogP contribution in [0.2, 0.25) is 18.1 Å². The number of aliphatic carboxylic acids is 1. The Morgan fingerprint density at radius 2 is 1.78 bits per heavy atom. The molecule has 7 nitrogen and oxygen atoms in total. The number of ether oxygens (including phenoxy) is 1. The molecule has 0 aliphatic rings. The number of hydrogen-bond acceptors (Lipinski definition) is 4. The van der Waals surface area contributed by atoms with Gasteiger partial charge in [0.25, 0.3) is 0 Å². The number of carbonyl (C=O) groups is 2. The Labute approximate surface area is 192 Å². The number of hydrogen-bond donors (Lipinski definition) is 2. The molecule has 0 atom stereocenters. The van der Waals surface area contributed by atoms with Crippen LogP contribution in [0.3, 0.4) is 0 Å². The summed E-state index contributed by atoms with van der Waals surface area (Å²) in [6.45, 7) is 17.3. The molecule has 0 spiro atoms. The van der Waals surface area contributed by atoms with Crippen LogP contribution < -0.4 is 9.74 Å². The molecule has 2 N–H and O–H groups in total. The van der Waals surface area contributed by atoms with Gasteiger partial charge in [0.2, 0.25) is 8.32 Å². The third-order valence-corrected chi connectivity index (χ3v) is 10.1. The quantitative estimate of drug-likeness (QED) is 0.501. The van der Waals surface area contributed by atoms with Crippen LogP contribution in [0.15, 0.2) is 24.4 Å². The topological polar surface area (TPSA) is 89.8 Å². The molecule has 2 aromatic rings. The summed E-state index contributed by atoms with van der Waals surface area (Å²) < 4.78 is 13.7. The fourth-order valence-electron chi connectivity index (χ4n) is 3.07. The van der Waals surface area contributed by atoms with Gasteiger partial charge in [0.05, 0.1) is 6.42 Å². The lowest BCUT2D eigenvalue weighted by molar-refractivity contribution is -0.137. The normalized spacial score (nSPS) is 12.6. The van der Waals surface area contributed by atoms with Crippen molar-refractivity contribution in [3.05, 3.63) is 30.0 Å². The van der Waals surface area contributed by atoms with Crippen molar-refractivity contribution in [1.29, 1.82) is 0 Å². The van der Waals surface area contributed by atoms with Crippen LogP contribution in [-0.2, 0) is 22.5 Å². The van der Waals surface area contributed by atoms with E-state index in [1.165, 1.54) is 0 Å². The van der Waals surface area contributed by atoms with Crippen LogP contribution in [0.25, 0.3) is 10.9 Å². The van der Waals surface area contributed by atoms with Crippen molar-refractivity contribution in [2.45, 2.75) is 84.7 Å². The van der Waals surface area contributed by atoms with Gasteiger partial charge in [-0.15, -0.1) is 0 Å². The van der Waals surface area contributed by atoms with Crippen LogP contribution in [0, 0.1) is 0 Å². The summed E-state index contributed by atoms with van der Waals surface area (Å²) in [5.41, 5.74) is 1.44. The van der Waals surface area contributed by atoms with E-state index in [4.69, 9.17) is 14.3 Å². The van der Waals surface area contributed by atoms with Crippen molar-refractivity contribution >= 4 is 31.3 Å². The van der Waals surface area contributed by atoms with E-state index in [2.05, 4.69) is 39.2 Å². The standard InChI is InChI=1S/C24H38N2O5Si/c1-23(2,3)30-22(29)25-13-11-17-16-26(14-12-21(27)28)20-10-9-18(15-19(17)20)31-32(7,8)24(4,5)6/h9-10,15-16H,11-14H2,1-8H3,(H,25,29)(H,27,28). The minimum Gasteiger partial charge on any atom is -0.543 e. The van der Waals surface area contributed by atoms with Crippen molar-refractivity contribution in [3.8, 4) is 5.75 Å². The SMILES string of the molecule is CC(C)(C)OC(=O)NCCc1cn(CCC(=O)O)c2ccc(O[Si](C)(C)C(C)(C)C)cc12. The Bertz CT molecular complexity index is 967. The Balaban J connectivity index is 2.28. The van der Waals surface area contributed by atoms with Crippen LogP contribution in [0.1, 0.15) is 53.5 Å². The van der Waals surface area contributed by atoms with Gasteiger partial charge in [0.15, 0.2) is 0 Å². The molecular weight excluding hydrogens is 424 g/mol. The lowest BCUT2D eigenvalue weighted by atomic mass is 10.1. The molecule has 0 aliphatic heterocycles. The fourth-order valence-corrected chi connectivity index (χ4v) is 4.10. The molecule has 1 aromatic heterocycles. The monoisotopic (exact) mass is 462 g/mol. The first-order chi connectivity index (χ1) is 14.6. The zero-order valence-corrected chi connectivity index (χ0v) is 21.7. The highest BCUT2D eigenvalue weighted by molar-refractivity contribution is 6.74. The first kappa shape index (κ1) is 25.8. The van der Waals surface area contributed by atoms with Gasteiger partial charge >= 0.3 is 12.1 Å². The molecule has 0 bridgehead atoms. The van der Waals surface area contributed by atoms with Gasteiger partial charge in [-0.25, -0.2) is 4.79 Å². The predicted molar refractivity (Wildman–Crippen MR) is 130 cm³/mol. The molecule has 0 unspecified atom stereocenters. The van der Waals surface area contributed by atoms with Crippen molar-refractivity contribution in [1.82, 2.24) is 9.88 Å². The zero-order valence-electron chi connectivity index (χ0n) is 20.7. The van der Waals surface area contributed by atoms with Gasteiger partial charge < -0.3 is 24.2 Å². The number of carbonyl (C=O) groups excluding carboxylic acids is 1. The van der Waals surface area contributed by atoms with Crippen molar-refractivity contribution in [2.75, 3.05) is 6.54 Å². The molecule has 32 heavy (non-hydrogen) atoms. The Morgan fingerprint density at radius 1 is 1.12 bits per heavy atom. The third-order valence-electron chi connectivity index (χ3n) is 5.74. The second-order valence-corrected chi connectivity index (χ2v) is 15.4. The van der Waals surface area contributed by atoms with E-state index < -0.39 is 26.0 Å². The number of alkyl carbamates (subject to hydrolysis) is 1. The molecule has 0 fully saturated rings. The van der Waals surface area contributed by atoms with E-state index in [1.807, 2.05) is 49.7 Å². The lowest BCUT2D eigenvalue weighted by Crippen LogP contribution is -2.43. The molecule has 178 valence electrons. The highest BCUT2D eigenvalue weighted by Crippen LogP contribution is 2.38. The average molecular weight is 463 g/mol. The van der Waals surface area contributed by atoms with Crippen LogP contribution >= 0.6 is 0 Å². The largest absolute Gasteiger partial charge is 0.543 e. The number of nitrogens with one attached hydrogen (secondary N) is 1. The number of rotatable bonds is 8. The van der Waals surface area contributed by atoms with Gasteiger partial charge in [-0.3, -0.25) is 4.79 Å². The maximum Gasteiger partial charge on any atom is 0.407 e. The zero-order chi connectivity index (χ0) is 24.3. The highest BCUT2D eigenvalue weighted by atomic mass is 28.4. The van der Waals surface area contributed by atoms with Gasteiger partial charge in [-0.2, -0.15) is 0 Å². The van der Waals surface area contributed by atoms with E-state index >= 15 is 0 Å². The fraction of sp³-hybridized carbons (Fsp3) is 0.583. The van der Waals surface area contributed by atoms with Gasteiger partial charge in [-0.05, 0) is 69.1 Å². The summed E-state index contributed by atoms with van der Waals surface area (Å²) >= 11 is 0. The first-order valence-electron chi connectivity index (χ1n) is 11.1. The van der Waals surface area contributed by atoms with E-state index in [1.54, 1.807) is 0 Å². The summed E-state index contributed by atoms with van der Waals surface area (Å²) in [7, 11) is -2.00. The average Bonchev–Trinajstić information content (AvgIpc) is 2.94. The Morgan fingerprint density at radius 3 is 2.34 bits per heavy atom. The maximum absolute atomic E-state index is 12.0. The van der Waals surface area contributed by atoms with Crippen LogP contribution in [-0.4, -0.2) is 42.2 Å². The maximum atomic E-state index is 12.0. The van der Waals surface area contributed by atoms with E-state index in [0.717, 1.165) is 22.2 Å². The second-order valence-electron chi connectivity index (χ2n) is 10.7. The summed E-state index contributed by atoms with van der Waals surface area (Å²) in [5.74, 6) is -0.0145. The van der Waals surface area contributed by atoms with Crippen molar-refractivity contribution in [2.24, 2.45) is 0 Å². The molecule has 1 amide bonds. The summed E-state index contributed by atoms with van der Waals surface area (Å²) in [5, 5.41) is 13.0. The molecule has 8 heteroatoms. The minimum absolute atomic E-state index is 0.0433. The van der Waals surface area contributed by atoms with Gasteiger partial charge in [0, 0.05) is 30.2 Å². The number of fused-ring (bicyclic) bond motifs is 1. The Hall–Kier alpha value is -2.48. The highest BCUT2D eigenvalue weighted by Gasteiger charge is 2.39. The van der Waals surface area contributed by atoms with Gasteiger partial charge in [-0.1, -0.05) is 20.8 Å². The van der Waals surface area contributed by atoms with Crippen molar-refractivity contribution in [3.63, 3.8) is 0 Å². The second kappa shape index (κ2) is 9.56. The minimum atomic E-state index is -2.00. The lowest BCUT2D eigenvalue weighted by Gasteiger charge is -2.36. The van der Waals surface area contributed by atoms with E-state index in [0.29, 0.717) is 19.5 Å². The molecule has 1 aromatic carbocycles.